The van der Waals surface area contributed by atoms with Crippen LogP contribution in [0.1, 0.15) is 11.3 Å². The van der Waals surface area contributed by atoms with E-state index in [4.69, 9.17) is 5.41 Å². The third-order valence-corrected chi connectivity index (χ3v) is 2.83. The molecule has 0 bridgehead atoms. The van der Waals surface area contributed by atoms with Crippen molar-refractivity contribution in [2.45, 2.75) is 6.92 Å². The van der Waals surface area contributed by atoms with Crippen LogP contribution in [0.5, 0.6) is 0 Å². The van der Waals surface area contributed by atoms with Crippen molar-refractivity contribution in [2.75, 3.05) is 0 Å². The summed E-state index contributed by atoms with van der Waals surface area (Å²) in [5.41, 5.74) is 1.78. The highest BCUT2D eigenvalue weighted by Crippen LogP contribution is 2.25. The Kier molecular flexibility index (Phi) is 2.36. The first-order valence-corrected chi connectivity index (χ1v) is 5.17. The second kappa shape index (κ2) is 3.54. The minimum Gasteiger partial charge on any atom is -0.301 e. The number of amides is 1. The minimum absolute atomic E-state index is 0.174. The second-order valence-corrected chi connectivity index (χ2v) is 4.29. The molecule has 15 heavy (non-hydrogen) atoms. The molecule has 1 amide bonds. The highest BCUT2D eigenvalue weighted by atomic mass is 32.2. The fraction of sp³-hybridized carbons (Fsp3) is 0.222. The van der Waals surface area contributed by atoms with Crippen LogP contribution in [0.25, 0.3) is 6.08 Å². The first-order valence-electron chi connectivity index (χ1n) is 4.36. The zero-order valence-electron chi connectivity index (χ0n) is 8.37. The molecule has 0 unspecified atom stereocenters. The summed E-state index contributed by atoms with van der Waals surface area (Å²) in [6.45, 7) is 1.88. The number of hydrogen-bond donors (Lipinski definition) is 2. The van der Waals surface area contributed by atoms with E-state index in [-0.39, 0.29) is 11.1 Å². The summed E-state index contributed by atoms with van der Waals surface area (Å²) < 4.78 is 1.70. The van der Waals surface area contributed by atoms with Crippen molar-refractivity contribution < 1.29 is 4.79 Å². The Labute approximate surface area is 91.1 Å². The number of nitrogens with one attached hydrogen (secondary N) is 2. The van der Waals surface area contributed by atoms with Gasteiger partial charge >= 0.3 is 0 Å². The van der Waals surface area contributed by atoms with E-state index in [1.54, 1.807) is 10.8 Å². The largest absolute Gasteiger partial charge is 0.301 e. The van der Waals surface area contributed by atoms with Crippen molar-refractivity contribution in [3.05, 3.63) is 22.4 Å². The van der Waals surface area contributed by atoms with Crippen molar-refractivity contribution in [1.29, 1.82) is 5.41 Å². The Hall–Kier alpha value is -1.56. The molecule has 1 saturated heterocycles. The zero-order valence-corrected chi connectivity index (χ0v) is 9.18. The number of thioether (sulfide) groups is 1. The maximum atomic E-state index is 11.3. The number of aromatic nitrogens is 2. The van der Waals surface area contributed by atoms with Crippen LogP contribution < -0.4 is 5.32 Å². The molecule has 1 aliphatic rings. The molecule has 1 aromatic heterocycles. The summed E-state index contributed by atoms with van der Waals surface area (Å²) in [7, 11) is 1.83. The van der Waals surface area contributed by atoms with Gasteiger partial charge < -0.3 is 5.32 Å². The molecule has 1 aliphatic heterocycles. The lowest BCUT2D eigenvalue weighted by atomic mass is 10.2. The Bertz CT molecular complexity index is 474. The summed E-state index contributed by atoms with van der Waals surface area (Å²) in [6.07, 6.45) is 3.60. The van der Waals surface area contributed by atoms with Crippen LogP contribution in [0.15, 0.2) is 11.1 Å². The third-order valence-electron chi connectivity index (χ3n) is 2.00. The molecule has 1 fully saturated rings. The van der Waals surface area contributed by atoms with Crippen molar-refractivity contribution in [3.63, 3.8) is 0 Å². The van der Waals surface area contributed by atoms with Crippen molar-refractivity contribution in [2.24, 2.45) is 7.05 Å². The molecule has 5 nitrogen and oxygen atoms in total. The molecule has 0 aromatic carbocycles. The van der Waals surface area contributed by atoms with Gasteiger partial charge in [0.2, 0.25) is 0 Å². The fourth-order valence-electron chi connectivity index (χ4n) is 1.34. The molecule has 0 aliphatic carbocycles. The number of hydrogen-bond acceptors (Lipinski definition) is 4. The van der Waals surface area contributed by atoms with Gasteiger partial charge in [-0.3, -0.25) is 14.9 Å². The van der Waals surface area contributed by atoms with Gasteiger partial charge in [-0.2, -0.15) is 5.10 Å². The highest BCUT2D eigenvalue weighted by Gasteiger charge is 2.22. The molecule has 0 radical (unpaired) electrons. The number of nitrogens with zero attached hydrogens (tertiary/aromatic N) is 2. The highest BCUT2D eigenvalue weighted by molar-refractivity contribution is 8.18. The molecule has 2 rings (SSSR count). The van der Waals surface area contributed by atoms with Gasteiger partial charge in [-0.25, -0.2) is 0 Å². The van der Waals surface area contributed by atoms with Crippen LogP contribution in [-0.4, -0.2) is 20.9 Å². The van der Waals surface area contributed by atoms with Crippen LogP contribution >= 0.6 is 11.8 Å². The Morgan fingerprint density at radius 3 is 2.87 bits per heavy atom. The van der Waals surface area contributed by atoms with Crippen molar-refractivity contribution in [3.8, 4) is 0 Å². The van der Waals surface area contributed by atoms with Gasteiger partial charge in [0.25, 0.3) is 5.91 Å². The number of carbonyl (C=O) groups excluding carboxylic acids is 1. The number of rotatable bonds is 1. The molecule has 0 atom stereocenters. The van der Waals surface area contributed by atoms with E-state index in [1.165, 1.54) is 0 Å². The Morgan fingerprint density at radius 1 is 1.67 bits per heavy atom. The van der Waals surface area contributed by atoms with E-state index in [0.29, 0.717) is 4.91 Å². The summed E-state index contributed by atoms with van der Waals surface area (Å²) in [6, 6.07) is 0. The predicted molar refractivity (Wildman–Crippen MR) is 59.4 cm³/mol. The van der Waals surface area contributed by atoms with Gasteiger partial charge in [-0.05, 0) is 24.8 Å². The number of carbonyl (C=O) groups is 1. The van der Waals surface area contributed by atoms with Crippen LogP contribution in [0, 0.1) is 12.3 Å². The van der Waals surface area contributed by atoms with Crippen LogP contribution in [0.4, 0.5) is 0 Å². The number of aryl methyl sites for hydroxylation is 2. The predicted octanol–water partition coefficient (Wildman–Crippen LogP) is 0.867. The normalized spacial score (nSPS) is 18.7. The molecule has 0 spiro atoms. The summed E-state index contributed by atoms with van der Waals surface area (Å²) >= 11 is 1.13. The maximum absolute atomic E-state index is 11.3. The Balaban J connectivity index is 2.34. The van der Waals surface area contributed by atoms with Crippen LogP contribution in [0.2, 0.25) is 0 Å². The lowest BCUT2D eigenvalue weighted by Gasteiger charge is -1.90. The van der Waals surface area contributed by atoms with E-state index in [0.717, 1.165) is 23.0 Å². The average molecular weight is 222 g/mol. The van der Waals surface area contributed by atoms with E-state index >= 15 is 0 Å². The van der Waals surface area contributed by atoms with E-state index in [1.807, 2.05) is 20.2 Å². The van der Waals surface area contributed by atoms with Gasteiger partial charge in [0.05, 0.1) is 10.6 Å². The average Bonchev–Trinajstić information content (AvgIpc) is 2.58. The quantitative estimate of drug-likeness (QED) is 0.692. The molecular weight excluding hydrogens is 212 g/mol. The summed E-state index contributed by atoms with van der Waals surface area (Å²) in [5.74, 6) is -0.215. The fourth-order valence-corrected chi connectivity index (χ4v) is 2.04. The molecular formula is C9H10N4OS. The molecule has 78 valence electrons. The minimum atomic E-state index is -0.215. The number of amidine groups is 1. The first-order chi connectivity index (χ1) is 7.06. The van der Waals surface area contributed by atoms with Gasteiger partial charge in [-0.15, -0.1) is 0 Å². The van der Waals surface area contributed by atoms with E-state index in [2.05, 4.69) is 10.4 Å². The van der Waals surface area contributed by atoms with Crippen molar-refractivity contribution in [1.82, 2.24) is 15.1 Å². The van der Waals surface area contributed by atoms with E-state index in [9.17, 15) is 4.79 Å². The molecule has 0 saturated carbocycles. The van der Waals surface area contributed by atoms with E-state index < -0.39 is 0 Å². The van der Waals surface area contributed by atoms with Gasteiger partial charge in [0, 0.05) is 18.8 Å². The van der Waals surface area contributed by atoms with Crippen LogP contribution in [0.3, 0.4) is 0 Å². The summed E-state index contributed by atoms with van der Waals surface area (Å²) in [5, 5.41) is 14.1. The second-order valence-electron chi connectivity index (χ2n) is 3.24. The third kappa shape index (κ3) is 1.94. The topological polar surface area (TPSA) is 70.8 Å². The smallest absolute Gasteiger partial charge is 0.264 e. The lowest BCUT2D eigenvalue weighted by Crippen LogP contribution is -2.18. The van der Waals surface area contributed by atoms with Crippen molar-refractivity contribution >= 4 is 28.9 Å². The molecule has 1 aromatic rings. The summed E-state index contributed by atoms with van der Waals surface area (Å²) in [4.78, 5) is 11.9. The Morgan fingerprint density at radius 2 is 2.40 bits per heavy atom. The van der Waals surface area contributed by atoms with Gasteiger partial charge in [0.15, 0.2) is 5.17 Å². The monoisotopic (exact) mass is 222 g/mol. The van der Waals surface area contributed by atoms with Gasteiger partial charge in [-0.1, -0.05) is 0 Å². The standard InChI is InChI=1S/C9H10N4OS/c1-5-6(4-13(2)12-5)3-7-8(14)11-9(10)15-7/h3-4H,1-2H3,(H2,10,11,14). The lowest BCUT2D eigenvalue weighted by molar-refractivity contribution is -0.115. The van der Waals surface area contributed by atoms with Gasteiger partial charge in [0.1, 0.15) is 0 Å². The molecule has 2 N–H and O–H groups in total. The van der Waals surface area contributed by atoms with Crippen LogP contribution in [-0.2, 0) is 11.8 Å². The first kappa shape index (κ1) is 9.97. The molecule has 2 heterocycles. The SMILES string of the molecule is Cc1nn(C)cc1C=C1SC(=N)NC1=O. The maximum Gasteiger partial charge on any atom is 0.264 e. The zero-order chi connectivity index (χ0) is 11.0. The molecule has 6 heteroatoms.